The molecule has 0 aliphatic carbocycles. The van der Waals surface area contributed by atoms with Crippen molar-refractivity contribution < 1.29 is 53.9 Å². The maximum atomic E-state index is 13.3. The van der Waals surface area contributed by atoms with E-state index in [4.69, 9.17) is 9.47 Å². The Labute approximate surface area is 237 Å². The second kappa shape index (κ2) is 12.5. The van der Waals surface area contributed by atoms with E-state index < -0.39 is 46.4 Å². The molecule has 0 spiro atoms. The summed E-state index contributed by atoms with van der Waals surface area (Å²) in [6, 6.07) is 18.2. The number of esters is 2. The van der Waals surface area contributed by atoms with E-state index in [-0.39, 0.29) is 41.4 Å². The minimum atomic E-state index is -1.50. The van der Waals surface area contributed by atoms with E-state index in [1.807, 2.05) is 0 Å². The van der Waals surface area contributed by atoms with Gasteiger partial charge in [0.15, 0.2) is 5.78 Å². The normalized spacial score (nSPS) is 10.5. The van der Waals surface area contributed by atoms with Crippen molar-refractivity contribution in [1.82, 2.24) is 0 Å². The average Bonchev–Trinajstić information content (AvgIpc) is 2.99. The van der Waals surface area contributed by atoms with Gasteiger partial charge in [0.05, 0.1) is 22.3 Å². The highest BCUT2D eigenvalue weighted by Gasteiger charge is 2.24. The van der Waals surface area contributed by atoms with Gasteiger partial charge < -0.3 is 29.9 Å². The molecule has 11 nitrogen and oxygen atoms in total. The Morgan fingerprint density at radius 3 is 1.36 bits per heavy atom. The van der Waals surface area contributed by atoms with Gasteiger partial charge in [-0.3, -0.25) is 4.79 Å². The summed E-state index contributed by atoms with van der Waals surface area (Å²) in [7, 11) is 0. The van der Waals surface area contributed by atoms with E-state index >= 15 is 0 Å². The lowest BCUT2D eigenvalue weighted by atomic mass is 9.95. The van der Waals surface area contributed by atoms with Crippen LogP contribution in [0.25, 0.3) is 0 Å². The number of benzene rings is 4. The quantitative estimate of drug-likeness (QED) is 0.156. The summed E-state index contributed by atoms with van der Waals surface area (Å²) in [5, 5.41) is 38.0. The van der Waals surface area contributed by atoms with Crippen molar-refractivity contribution in [2.45, 2.75) is 13.2 Å². The van der Waals surface area contributed by atoms with Gasteiger partial charge in [-0.2, -0.15) is 0 Å². The summed E-state index contributed by atoms with van der Waals surface area (Å²) < 4.78 is 10.4. The summed E-state index contributed by atoms with van der Waals surface area (Å²) in [6.07, 6.45) is 0. The van der Waals surface area contributed by atoms with Gasteiger partial charge in [-0.25, -0.2) is 19.2 Å². The van der Waals surface area contributed by atoms with Crippen LogP contribution in [0.4, 0.5) is 0 Å². The largest absolute Gasteiger partial charge is 0.508 e. The zero-order valence-electron chi connectivity index (χ0n) is 21.6. The summed E-state index contributed by atoms with van der Waals surface area (Å²) in [5.74, 6) is -5.62. The number of ketones is 1. The van der Waals surface area contributed by atoms with E-state index in [0.717, 1.165) is 24.3 Å². The molecule has 0 saturated heterocycles. The number of hydrogen-bond donors (Lipinski definition) is 4. The van der Waals surface area contributed by atoms with Gasteiger partial charge in [0, 0.05) is 11.1 Å². The molecule has 0 unspecified atom stereocenters. The highest BCUT2D eigenvalue weighted by molar-refractivity contribution is 6.13. The number of hydrogen-bond acceptors (Lipinski definition) is 9. The van der Waals surface area contributed by atoms with Crippen molar-refractivity contribution in [1.29, 1.82) is 0 Å². The molecule has 4 aromatic rings. The van der Waals surface area contributed by atoms with Crippen molar-refractivity contribution in [3.05, 3.63) is 129 Å². The molecule has 4 aromatic carbocycles. The Bertz CT molecular complexity index is 1690. The third kappa shape index (κ3) is 6.77. The fraction of sp³-hybridized carbons (Fsp3) is 0.0645. The van der Waals surface area contributed by atoms with Crippen molar-refractivity contribution in [2.75, 3.05) is 0 Å². The lowest BCUT2D eigenvalue weighted by molar-refractivity contribution is 0.0458. The molecule has 42 heavy (non-hydrogen) atoms. The van der Waals surface area contributed by atoms with E-state index in [9.17, 15) is 44.4 Å². The molecule has 4 rings (SSSR count). The maximum absolute atomic E-state index is 13.3. The smallest absolute Gasteiger partial charge is 0.339 e. The van der Waals surface area contributed by atoms with Crippen LogP contribution in [0.1, 0.15) is 68.5 Å². The second-order valence-corrected chi connectivity index (χ2v) is 8.95. The SMILES string of the molecule is O=C(c1ccc(C(=O)OCc2ccc(O)cc2)c(C(=O)O)c1)c1ccc(C(=O)O)c(C(=O)OCc2ccc(O)cc2)c1. The molecule has 0 radical (unpaired) electrons. The third-order valence-corrected chi connectivity index (χ3v) is 6.08. The summed E-state index contributed by atoms with van der Waals surface area (Å²) in [4.78, 5) is 62.3. The summed E-state index contributed by atoms with van der Waals surface area (Å²) in [5.41, 5.74) is -0.838. The molecule has 0 aliphatic rings. The lowest BCUT2D eigenvalue weighted by Crippen LogP contribution is -2.15. The van der Waals surface area contributed by atoms with Crippen LogP contribution in [0.3, 0.4) is 0 Å². The standard InChI is InChI=1S/C31H22O11/c32-21-7-1-17(2-8-21)15-41-30(39)24-12-6-19(13-25(24)29(37)38)27(34)20-5-11-23(28(35)36)26(14-20)31(40)42-16-18-3-9-22(33)10-4-18/h1-14,32-33H,15-16H2,(H,35,36)(H,37,38). The number of phenols is 2. The Balaban J connectivity index is 1.57. The predicted octanol–water partition coefficient (Wildman–Crippen LogP) is 4.44. The first-order valence-corrected chi connectivity index (χ1v) is 12.2. The molecule has 0 amide bonds. The number of carboxylic acid groups (broad SMARTS) is 2. The zero-order valence-corrected chi connectivity index (χ0v) is 21.6. The zero-order chi connectivity index (χ0) is 30.4. The van der Waals surface area contributed by atoms with Gasteiger partial charge in [-0.1, -0.05) is 36.4 Å². The van der Waals surface area contributed by atoms with Crippen LogP contribution in [0, 0.1) is 0 Å². The van der Waals surface area contributed by atoms with Gasteiger partial charge in [-0.05, 0) is 59.7 Å². The molecule has 0 saturated carbocycles. The number of carbonyl (C=O) groups is 5. The second-order valence-electron chi connectivity index (χ2n) is 8.95. The number of aromatic carboxylic acids is 2. The highest BCUT2D eigenvalue weighted by atomic mass is 16.5. The Kier molecular flexibility index (Phi) is 8.62. The van der Waals surface area contributed by atoms with Crippen molar-refractivity contribution in [3.8, 4) is 11.5 Å². The molecular weight excluding hydrogens is 548 g/mol. The summed E-state index contributed by atoms with van der Waals surface area (Å²) >= 11 is 0. The number of ether oxygens (including phenoxy) is 2. The van der Waals surface area contributed by atoms with Crippen LogP contribution >= 0.6 is 0 Å². The molecule has 0 aliphatic heterocycles. The monoisotopic (exact) mass is 570 g/mol. The molecule has 0 atom stereocenters. The molecule has 11 heteroatoms. The van der Waals surface area contributed by atoms with Crippen molar-refractivity contribution in [3.63, 3.8) is 0 Å². The van der Waals surface area contributed by atoms with E-state index in [0.29, 0.717) is 11.1 Å². The van der Waals surface area contributed by atoms with Crippen LogP contribution in [0.2, 0.25) is 0 Å². The molecule has 0 fully saturated rings. The highest BCUT2D eigenvalue weighted by Crippen LogP contribution is 2.21. The maximum Gasteiger partial charge on any atom is 0.339 e. The summed E-state index contributed by atoms with van der Waals surface area (Å²) in [6.45, 7) is -0.428. The minimum Gasteiger partial charge on any atom is -0.508 e. The molecular formula is C31H22O11. The first-order chi connectivity index (χ1) is 20.0. The van der Waals surface area contributed by atoms with Gasteiger partial charge in [0.25, 0.3) is 0 Å². The lowest BCUT2D eigenvalue weighted by Gasteiger charge is -2.11. The van der Waals surface area contributed by atoms with Crippen LogP contribution in [0.5, 0.6) is 11.5 Å². The topological polar surface area (TPSA) is 185 Å². The number of phenolic OH excluding ortho intramolecular Hbond substituents is 2. The first kappa shape index (κ1) is 29.0. The molecule has 0 bridgehead atoms. The van der Waals surface area contributed by atoms with Gasteiger partial charge in [-0.15, -0.1) is 0 Å². The van der Waals surface area contributed by atoms with Gasteiger partial charge in [0.2, 0.25) is 0 Å². The van der Waals surface area contributed by atoms with Gasteiger partial charge >= 0.3 is 23.9 Å². The fourth-order valence-corrected chi connectivity index (χ4v) is 3.89. The number of aromatic hydroxyl groups is 2. The van der Waals surface area contributed by atoms with Crippen molar-refractivity contribution >= 4 is 29.7 Å². The Hall–Kier alpha value is -5.97. The number of carboxylic acids is 2. The van der Waals surface area contributed by atoms with Crippen LogP contribution in [-0.2, 0) is 22.7 Å². The molecule has 4 N–H and O–H groups in total. The van der Waals surface area contributed by atoms with Crippen LogP contribution < -0.4 is 0 Å². The predicted molar refractivity (Wildman–Crippen MR) is 145 cm³/mol. The number of rotatable bonds is 10. The van der Waals surface area contributed by atoms with E-state index in [1.165, 1.54) is 60.7 Å². The minimum absolute atomic E-state index is 0.00881. The average molecular weight is 571 g/mol. The van der Waals surface area contributed by atoms with E-state index in [1.54, 1.807) is 0 Å². The Morgan fingerprint density at radius 2 is 0.905 bits per heavy atom. The molecule has 0 aromatic heterocycles. The number of carbonyl (C=O) groups excluding carboxylic acids is 3. The molecule has 212 valence electrons. The van der Waals surface area contributed by atoms with Gasteiger partial charge in [0.1, 0.15) is 24.7 Å². The third-order valence-electron chi connectivity index (χ3n) is 6.08. The molecule has 0 heterocycles. The van der Waals surface area contributed by atoms with E-state index in [2.05, 4.69) is 0 Å². The van der Waals surface area contributed by atoms with Crippen molar-refractivity contribution in [2.24, 2.45) is 0 Å². The first-order valence-electron chi connectivity index (χ1n) is 12.2. The fourth-order valence-electron chi connectivity index (χ4n) is 3.89. The van der Waals surface area contributed by atoms with Crippen LogP contribution in [0.15, 0.2) is 84.9 Å². The van der Waals surface area contributed by atoms with Crippen LogP contribution in [-0.4, -0.2) is 50.1 Å². The Morgan fingerprint density at radius 1 is 0.500 bits per heavy atom.